The van der Waals surface area contributed by atoms with Gasteiger partial charge in [0.05, 0.1) is 24.0 Å². The smallest absolute Gasteiger partial charge is 0.234 e. The first-order valence-corrected chi connectivity index (χ1v) is 8.53. The third-order valence-corrected chi connectivity index (χ3v) is 4.67. The zero-order valence-corrected chi connectivity index (χ0v) is 14.6. The average molecular weight is 327 g/mol. The van der Waals surface area contributed by atoms with Gasteiger partial charge in [0.15, 0.2) is 0 Å². The van der Waals surface area contributed by atoms with Crippen LogP contribution in [-0.4, -0.2) is 38.4 Å². The van der Waals surface area contributed by atoms with E-state index >= 15 is 0 Å². The van der Waals surface area contributed by atoms with E-state index in [9.17, 15) is 4.79 Å². The number of nitrogens with zero attached hydrogens (tertiary/aromatic N) is 4. The molecule has 6 nitrogen and oxygen atoms in total. The number of hydrogen-bond acceptors (Lipinski definition) is 4. The molecule has 0 saturated carbocycles. The summed E-state index contributed by atoms with van der Waals surface area (Å²) in [5.74, 6) is 1.17. The van der Waals surface area contributed by atoms with Crippen molar-refractivity contribution in [3.8, 4) is 0 Å². The Kier molecular flexibility index (Phi) is 4.94. The van der Waals surface area contributed by atoms with Crippen LogP contribution in [0.4, 0.5) is 0 Å². The summed E-state index contributed by atoms with van der Waals surface area (Å²) in [5, 5.41) is 3.06. The van der Waals surface area contributed by atoms with Crippen LogP contribution >= 0.6 is 0 Å². The Morgan fingerprint density at radius 3 is 3.00 bits per heavy atom. The first-order chi connectivity index (χ1) is 11.6. The van der Waals surface area contributed by atoms with Crippen LogP contribution in [0.5, 0.6) is 0 Å². The molecular formula is C18H25N5O. The fraction of sp³-hybridized carbons (Fsp3) is 0.500. The highest BCUT2D eigenvalue weighted by molar-refractivity contribution is 5.78. The van der Waals surface area contributed by atoms with E-state index in [0.717, 1.165) is 37.3 Å². The summed E-state index contributed by atoms with van der Waals surface area (Å²) in [6.45, 7) is 6.18. The van der Waals surface area contributed by atoms with Crippen molar-refractivity contribution in [2.75, 3.05) is 13.1 Å². The molecule has 1 atom stereocenters. The molecule has 0 bridgehead atoms. The SMILES string of the molecule is CCc1nc2c(n1C)CN(CC(=O)NC(C)c1cccnc1)CC2. The fourth-order valence-electron chi connectivity index (χ4n) is 3.25. The van der Waals surface area contributed by atoms with E-state index in [0.29, 0.717) is 6.54 Å². The van der Waals surface area contributed by atoms with Crippen molar-refractivity contribution in [2.24, 2.45) is 7.05 Å². The molecule has 1 N–H and O–H groups in total. The lowest BCUT2D eigenvalue weighted by atomic mass is 10.1. The highest BCUT2D eigenvalue weighted by atomic mass is 16.2. The maximum absolute atomic E-state index is 12.4. The largest absolute Gasteiger partial charge is 0.348 e. The molecule has 0 radical (unpaired) electrons. The number of carbonyl (C=O) groups excluding carboxylic acids is 1. The molecular weight excluding hydrogens is 302 g/mol. The van der Waals surface area contributed by atoms with Crippen molar-refractivity contribution in [1.29, 1.82) is 0 Å². The summed E-state index contributed by atoms with van der Waals surface area (Å²) in [5.41, 5.74) is 3.45. The summed E-state index contributed by atoms with van der Waals surface area (Å²) in [6.07, 6.45) is 5.38. The number of nitrogens with one attached hydrogen (secondary N) is 1. The van der Waals surface area contributed by atoms with E-state index < -0.39 is 0 Å². The Balaban J connectivity index is 1.58. The van der Waals surface area contributed by atoms with E-state index in [1.54, 1.807) is 12.4 Å². The van der Waals surface area contributed by atoms with Crippen LogP contribution in [0.2, 0.25) is 0 Å². The van der Waals surface area contributed by atoms with Crippen molar-refractivity contribution in [1.82, 2.24) is 24.8 Å². The van der Waals surface area contributed by atoms with Gasteiger partial charge in [-0.3, -0.25) is 14.7 Å². The Labute approximate surface area is 142 Å². The number of rotatable bonds is 5. The molecule has 0 aliphatic carbocycles. The molecule has 1 unspecified atom stereocenters. The van der Waals surface area contributed by atoms with Crippen LogP contribution < -0.4 is 5.32 Å². The average Bonchev–Trinajstić information content (AvgIpc) is 2.91. The zero-order valence-electron chi connectivity index (χ0n) is 14.6. The molecule has 2 aromatic heterocycles. The molecule has 128 valence electrons. The maximum Gasteiger partial charge on any atom is 0.234 e. The van der Waals surface area contributed by atoms with Gasteiger partial charge in [-0.05, 0) is 18.6 Å². The Bertz CT molecular complexity index is 710. The van der Waals surface area contributed by atoms with Gasteiger partial charge >= 0.3 is 0 Å². The van der Waals surface area contributed by atoms with Gasteiger partial charge in [0.25, 0.3) is 0 Å². The molecule has 6 heteroatoms. The lowest BCUT2D eigenvalue weighted by molar-refractivity contribution is -0.123. The lowest BCUT2D eigenvalue weighted by Crippen LogP contribution is -2.41. The molecule has 24 heavy (non-hydrogen) atoms. The minimum atomic E-state index is -0.0325. The molecule has 1 amide bonds. The topological polar surface area (TPSA) is 63.1 Å². The third-order valence-electron chi connectivity index (χ3n) is 4.67. The molecule has 3 rings (SSSR count). The van der Waals surface area contributed by atoms with E-state index in [2.05, 4.69) is 33.7 Å². The van der Waals surface area contributed by atoms with Gasteiger partial charge in [0, 0.05) is 45.4 Å². The van der Waals surface area contributed by atoms with Gasteiger partial charge in [-0.15, -0.1) is 0 Å². The van der Waals surface area contributed by atoms with Crippen LogP contribution in [0, 0.1) is 0 Å². The normalized spacial score (nSPS) is 15.8. The number of aromatic nitrogens is 3. The molecule has 3 heterocycles. The molecule has 0 spiro atoms. The first kappa shape index (κ1) is 16.6. The van der Waals surface area contributed by atoms with Crippen LogP contribution in [0.1, 0.15) is 42.7 Å². The predicted octanol–water partition coefficient (Wildman–Crippen LogP) is 1.61. The van der Waals surface area contributed by atoms with E-state index in [1.165, 1.54) is 11.4 Å². The van der Waals surface area contributed by atoms with Crippen LogP contribution in [-0.2, 0) is 31.2 Å². The van der Waals surface area contributed by atoms with Crippen molar-refractivity contribution < 1.29 is 4.79 Å². The van der Waals surface area contributed by atoms with Gasteiger partial charge < -0.3 is 9.88 Å². The summed E-state index contributed by atoms with van der Waals surface area (Å²) in [4.78, 5) is 23.3. The van der Waals surface area contributed by atoms with Gasteiger partial charge in [0.2, 0.25) is 5.91 Å². The lowest BCUT2D eigenvalue weighted by Gasteiger charge is -2.27. The molecule has 0 saturated heterocycles. The van der Waals surface area contributed by atoms with Crippen LogP contribution in [0.3, 0.4) is 0 Å². The van der Waals surface area contributed by atoms with Crippen LogP contribution in [0.25, 0.3) is 0 Å². The second kappa shape index (κ2) is 7.13. The summed E-state index contributed by atoms with van der Waals surface area (Å²) in [7, 11) is 2.07. The Morgan fingerprint density at radius 1 is 1.46 bits per heavy atom. The predicted molar refractivity (Wildman–Crippen MR) is 92.4 cm³/mol. The number of fused-ring (bicyclic) bond motifs is 1. The number of pyridine rings is 1. The highest BCUT2D eigenvalue weighted by Gasteiger charge is 2.24. The van der Waals surface area contributed by atoms with Crippen molar-refractivity contribution in [3.63, 3.8) is 0 Å². The van der Waals surface area contributed by atoms with E-state index in [4.69, 9.17) is 4.98 Å². The summed E-state index contributed by atoms with van der Waals surface area (Å²) >= 11 is 0. The Hall–Kier alpha value is -2.21. The quantitative estimate of drug-likeness (QED) is 0.906. The highest BCUT2D eigenvalue weighted by Crippen LogP contribution is 2.19. The second-order valence-corrected chi connectivity index (χ2v) is 6.37. The number of aryl methyl sites for hydroxylation is 1. The number of amides is 1. The summed E-state index contributed by atoms with van der Waals surface area (Å²) in [6, 6.07) is 3.83. The minimum absolute atomic E-state index is 0.0325. The minimum Gasteiger partial charge on any atom is -0.348 e. The second-order valence-electron chi connectivity index (χ2n) is 6.37. The molecule has 0 fully saturated rings. The zero-order chi connectivity index (χ0) is 17.1. The number of carbonyl (C=O) groups is 1. The first-order valence-electron chi connectivity index (χ1n) is 8.53. The third kappa shape index (κ3) is 3.48. The molecule has 0 aromatic carbocycles. The molecule has 2 aromatic rings. The standard InChI is InChI=1S/C18H25N5O/c1-4-17-21-15-7-9-23(11-16(15)22(17)3)12-18(24)20-13(2)14-6-5-8-19-10-14/h5-6,8,10,13H,4,7,9,11-12H2,1-3H3,(H,20,24). The fourth-order valence-corrected chi connectivity index (χ4v) is 3.25. The Morgan fingerprint density at radius 2 is 2.29 bits per heavy atom. The monoisotopic (exact) mass is 327 g/mol. The summed E-state index contributed by atoms with van der Waals surface area (Å²) < 4.78 is 2.18. The molecule has 1 aliphatic heterocycles. The van der Waals surface area contributed by atoms with E-state index in [1.807, 2.05) is 19.1 Å². The van der Waals surface area contributed by atoms with Crippen molar-refractivity contribution in [2.45, 2.75) is 39.3 Å². The van der Waals surface area contributed by atoms with Gasteiger partial charge in [0.1, 0.15) is 5.82 Å². The van der Waals surface area contributed by atoms with E-state index in [-0.39, 0.29) is 11.9 Å². The molecule has 1 aliphatic rings. The maximum atomic E-state index is 12.4. The van der Waals surface area contributed by atoms with Gasteiger partial charge in [-0.1, -0.05) is 13.0 Å². The van der Waals surface area contributed by atoms with Crippen LogP contribution in [0.15, 0.2) is 24.5 Å². The van der Waals surface area contributed by atoms with Gasteiger partial charge in [-0.25, -0.2) is 4.98 Å². The van der Waals surface area contributed by atoms with Gasteiger partial charge in [-0.2, -0.15) is 0 Å². The van der Waals surface area contributed by atoms with Crippen molar-refractivity contribution >= 4 is 5.91 Å². The number of hydrogen-bond donors (Lipinski definition) is 1. The van der Waals surface area contributed by atoms with Crippen molar-refractivity contribution in [3.05, 3.63) is 47.3 Å². The number of imidazole rings is 1.